The van der Waals surface area contributed by atoms with Gasteiger partial charge in [-0.15, -0.1) is 0 Å². The summed E-state index contributed by atoms with van der Waals surface area (Å²) in [6.45, 7) is 12.3. The van der Waals surface area contributed by atoms with E-state index in [0.717, 1.165) is 31.2 Å². The van der Waals surface area contributed by atoms with E-state index in [4.69, 9.17) is 4.42 Å². The smallest absolute Gasteiger partial charge is 0.289 e. The van der Waals surface area contributed by atoms with Gasteiger partial charge in [-0.1, -0.05) is 12.8 Å². The van der Waals surface area contributed by atoms with Crippen LogP contribution in [-0.2, 0) is 10.0 Å². The second-order valence-electron chi connectivity index (χ2n) is 9.14. The lowest BCUT2D eigenvalue weighted by atomic mass is 10.0. The van der Waals surface area contributed by atoms with Crippen LogP contribution in [0.15, 0.2) is 15.4 Å². The number of carbonyl (C=O) groups is 1. The fourth-order valence-corrected chi connectivity index (χ4v) is 5.81. The van der Waals surface area contributed by atoms with Crippen LogP contribution in [0.25, 0.3) is 11.0 Å². The molecular formula is C22H32N2O4S. The maximum Gasteiger partial charge on any atom is 0.289 e. The maximum absolute atomic E-state index is 13.2. The first-order chi connectivity index (χ1) is 13.4. The molecule has 0 unspecified atom stereocenters. The van der Waals surface area contributed by atoms with Crippen LogP contribution in [0.4, 0.5) is 0 Å². The van der Waals surface area contributed by atoms with Crippen molar-refractivity contribution in [2.24, 2.45) is 0 Å². The Morgan fingerprint density at radius 1 is 1.03 bits per heavy atom. The summed E-state index contributed by atoms with van der Waals surface area (Å²) >= 11 is 0. The summed E-state index contributed by atoms with van der Waals surface area (Å²) in [5.41, 5.74) is 1.82. The van der Waals surface area contributed by atoms with Gasteiger partial charge in [-0.25, -0.2) is 13.1 Å². The summed E-state index contributed by atoms with van der Waals surface area (Å²) in [7, 11) is -3.83. The van der Waals surface area contributed by atoms with Crippen molar-refractivity contribution in [3.8, 4) is 0 Å². The van der Waals surface area contributed by atoms with Crippen LogP contribution in [0.3, 0.4) is 0 Å². The lowest BCUT2D eigenvalue weighted by molar-refractivity contribution is 0.0730. The van der Waals surface area contributed by atoms with Crippen molar-refractivity contribution in [3.63, 3.8) is 0 Å². The van der Waals surface area contributed by atoms with E-state index in [1.165, 1.54) is 0 Å². The molecule has 0 atom stereocenters. The third kappa shape index (κ3) is 4.36. The van der Waals surface area contributed by atoms with Gasteiger partial charge in [-0.3, -0.25) is 4.79 Å². The molecule has 2 aromatic rings. The zero-order valence-electron chi connectivity index (χ0n) is 18.3. The number of hydrogen-bond donors (Lipinski definition) is 1. The molecule has 1 aromatic heterocycles. The first-order valence-corrected chi connectivity index (χ1v) is 11.8. The number of hydrogen-bond acceptors (Lipinski definition) is 4. The summed E-state index contributed by atoms with van der Waals surface area (Å²) in [6.07, 6.45) is 4.22. The van der Waals surface area contributed by atoms with Crippen LogP contribution in [0.2, 0.25) is 0 Å². The number of amides is 1. The minimum absolute atomic E-state index is 0.125. The average Bonchev–Trinajstić information content (AvgIpc) is 2.78. The Hall–Kier alpha value is -1.86. The van der Waals surface area contributed by atoms with E-state index in [-0.39, 0.29) is 22.1 Å². The Morgan fingerprint density at radius 2 is 1.62 bits per heavy atom. The number of rotatable bonds is 3. The van der Waals surface area contributed by atoms with Gasteiger partial charge in [0, 0.05) is 29.6 Å². The van der Waals surface area contributed by atoms with Gasteiger partial charge in [0.05, 0.1) is 0 Å². The van der Waals surface area contributed by atoms with Crippen molar-refractivity contribution in [2.45, 2.75) is 77.7 Å². The van der Waals surface area contributed by atoms with Crippen LogP contribution in [0.5, 0.6) is 0 Å². The van der Waals surface area contributed by atoms with Crippen molar-refractivity contribution >= 4 is 26.9 Å². The predicted molar refractivity (Wildman–Crippen MR) is 115 cm³/mol. The number of sulfonamides is 1. The fourth-order valence-electron chi connectivity index (χ4n) is 3.94. The number of nitrogens with zero attached hydrogens (tertiary/aromatic N) is 1. The molecular weight excluding hydrogens is 388 g/mol. The van der Waals surface area contributed by atoms with E-state index in [0.29, 0.717) is 29.6 Å². The quantitative estimate of drug-likeness (QED) is 0.795. The second-order valence-corrected chi connectivity index (χ2v) is 10.8. The van der Waals surface area contributed by atoms with Crippen molar-refractivity contribution in [2.75, 3.05) is 13.1 Å². The molecule has 0 radical (unpaired) electrons. The Kier molecular flexibility index (Phi) is 5.84. The summed E-state index contributed by atoms with van der Waals surface area (Å²) < 4.78 is 35.1. The summed E-state index contributed by atoms with van der Waals surface area (Å²) in [4.78, 5) is 15.1. The lowest BCUT2D eigenvalue weighted by Gasteiger charge is -2.21. The molecule has 6 nitrogen and oxygen atoms in total. The van der Waals surface area contributed by atoms with Crippen LogP contribution in [-0.4, -0.2) is 37.9 Å². The zero-order chi connectivity index (χ0) is 21.6. The largest absolute Gasteiger partial charge is 0.449 e. The monoisotopic (exact) mass is 420 g/mol. The Labute approximate surface area is 173 Å². The predicted octanol–water partition coefficient (Wildman–Crippen LogP) is 4.45. The molecule has 160 valence electrons. The third-order valence-corrected chi connectivity index (χ3v) is 7.40. The van der Waals surface area contributed by atoms with Crippen LogP contribution in [0, 0.1) is 20.8 Å². The molecule has 1 saturated heterocycles. The topological polar surface area (TPSA) is 79.6 Å². The van der Waals surface area contributed by atoms with Gasteiger partial charge in [0.1, 0.15) is 4.90 Å². The number of benzene rings is 1. The Balaban J connectivity index is 2.18. The van der Waals surface area contributed by atoms with E-state index < -0.39 is 15.6 Å². The fraction of sp³-hybridized carbons (Fsp3) is 0.591. The van der Waals surface area contributed by atoms with Crippen LogP contribution >= 0.6 is 0 Å². The van der Waals surface area contributed by atoms with E-state index >= 15 is 0 Å². The van der Waals surface area contributed by atoms with Gasteiger partial charge in [0.25, 0.3) is 5.91 Å². The highest BCUT2D eigenvalue weighted by Gasteiger charge is 2.31. The third-order valence-electron chi connectivity index (χ3n) is 5.49. The molecule has 2 heterocycles. The number of likely N-dealkylation sites (tertiary alicyclic amines) is 1. The highest BCUT2D eigenvalue weighted by Crippen LogP contribution is 2.35. The maximum atomic E-state index is 13.2. The van der Waals surface area contributed by atoms with E-state index in [2.05, 4.69) is 4.72 Å². The molecule has 0 spiro atoms. The van der Waals surface area contributed by atoms with E-state index in [1.807, 2.05) is 24.8 Å². The zero-order valence-corrected chi connectivity index (χ0v) is 19.1. The van der Waals surface area contributed by atoms with Crippen molar-refractivity contribution in [1.29, 1.82) is 0 Å². The molecule has 1 aromatic carbocycles. The van der Waals surface area contributed by atoms with Gasteiger partial charge >= 0.3 is 0 Å². The number of furan rings is 1. The molecule has 1 aliphatic heterocycles. The average molecular weight is 421 g/mol. The Morgan fingerprint density at radius 3 is 2.17 bits per heavy atom. The van der Waals surface area contributed by atoms with Gasteiger partial charge < -0.3 is 9.32 Å². The van der Waals surface area contributed by atoms with Crippen molar-refractivity contribution < 1.29 is 17.6 Å². The second kappa shape index (κ2) is 7.76. The molecule has 0 saturated carbocycles. The number of aryl methyl sites for hydroxylation is 2. The molecule has 29 heavy (non-hydrogen) atoms. The van der Waals surface area contributed by atoms with Crippen molar-refractivity contribution in [3.05, 3.63) is 28.5 Å². The van der Waals surface area contributed by atoms with Gasteiger partial charge in [0.2, 0.25) is 10.0 Å². The lowest BCUT2D eigenvalue weighted by Crippen LogP contribution is -2.40. The van der Waals surface area contributed by atoms with Gasteiger partial charge in [-0.05, 0) is 71.6 Å². The number of carbonyl (C=O) groups excluding carboxylic acids is 1. The highest BCUT2D eigenvalue weighted by atomic mass is 32.2. The summed E-state index contributed by atoms with van der Waals surface area (Å²) in [5.74, 6) is 0.0992. The van der Waals surface area contributed by atoms with Gasteiger partial charge in [0.15, 0.2) is 11.3 Å². The first-order valence-electron chi connectivity index (χ1n) is 10.3. The van der Waals surface area contributed by atoms with Gasteiger partial charge in [-0.2, -0.15) is 0 Å². The first kappa shape index (κ1) is 21.8. The Bertz CT molecular complexity index is 1040. The summed E-state index contributed by atoms with van der Waals surface area (Å²) in [5, 5.41) is 0.681. The minimum Gasteiger partial charge on any atom is -0.449 e. The highest BCUT2D eigenvalue weighted by molar-refractivity contribution is 7.89. The normalized spacial score (nSPS) is 16.3. The SMILES string of the molecule is Cc1cc2c(C)c(C(=O)N3CCCCCC3)oc2c(S(=O)(=O)NC(C)(C)C)c1C. The molecule has 3 rings (SSSR count). The van der Waals surface area contributed by atoms with Crippen LogP contribution < -0.4 is 4.72 Å². The van der Waals surface area contributed by atoms with Crippen LogP contribution in [0.1, 0.15) is 73.7 Å². The van der Waals surface area contributed by atoms with E-state index in [1.54, 1.807) is 27.7 Å². The molecule has 7 heteroatoms. The standard InChI is InChI=1S/C22H32N2O4S/c1-14-13-17-16(3)18(21(25)24-11-9-7-8-10-12-24)28-19(17)20(15(14)2)29(26,27)23-22(4,5)6/h13,23H,7-12H2,1-6H3. The molecule has 0 aliphatic carbocycles. The van der Waals surface area contributed by atoms with E-state index in [9.17, 15) is 13.2 Å². The number of nitrogens with one attached hydrogen (secondary N) is 1. The molecule has 1 N–H and O–H groups in total. The number of fused-ring (bicyclic) bond motifs is 1. The molecule has 1 aliphatic rings. The molecule has 0 bridgehead atoms. The minimum atomic E-state index is -3.83. The molecule has 1 fully saturated rings. The molecule has 1 amide bonds. The summed E-state index contributed by atoms with van der Waals surface area (Å²) in [6, 6.07) is 1.92. The van der Waals surface area contributed by atoms with Crippen molar-refractivity contribution in [1.82, 2.24) is 9.62 Å².